The van der Waals surface area contributed by atoms with Gasteiger partial charge < -0.3 is 47.7 Å². The van der Waals surface area contributed by atoms with E-state index in [-0.39, 0.29) is 46.2 Å². The summed E-state index contributed by atoms with van der Waals surface area (Å²) in [4.78, 5) is 0. The van der Waals surface area contributed by atoms with E-state index in [2.05, 4.69) is 19.1 Å². The predicted octanol–water partition coefficient (Wildman–Crippen LogP) is 11.1. The molecule has 0 aromatic heterocycles. The third kappa shape index (κ3) is 12.9. The molecule has 2 unspecified atom stereocenters. The first-order valence-electron chi connectivity index (χ1n) is 23.9. The highest BCUT2D eigenvalue weighted by Crippen LogP contribution is 2.47. The van der Waals surface area contributed by atoms with Gasteiger partial charge in [0.2, 0.25) is 5.79 Å². The average Bonchev–Trinajstić information content (AvgIpc) is 3.40. The van der Waals surface area contributed by atoms with Crippen LogP contribution in [-0.2, 0) is 73.7 Å². The first-order chi connectivity index (χ1) is 34.3. The van der Waals surface area contributed by atoms with Gasteiger partial charge in [0.25, 0.3) is 0 Å². The van der Waals surface area contributed by atoms with Crippen LogP contribution in [0.15, 0.2) is 182 Å². The second-order valence-electron chi connectivity index (χ2n) is 17.6. The minimum absolute atomic E-state index is 0.0646. The summed E-state index contributed by atoms with van der Waals surface area (Å²) in [5.41, 5.74) is 6.74. The Kier molecular flexibility index (Phi) is 17.5. The van der Waals surface area contributed by atoms with E-state index in [9.17, 15) is 5.11 Å². The Labute approximate surface area is 412 Å². The fourth-order valence-corrected chi connectivity index (χ4v) is 8.81. The maximum absolute atomic E-state index is 14.0. The van der Waals surface area contributed by atoms with Crippen LogP contribution in [0.2, 0.25) is 0 Å². The van der Waals surface area contributed by atoms with Crippen LogP contribution in [0.1, 0.15) is 57.0 Å². The summed E-state index contributed by atoms with van der Waals surface area (Å²) in [7, 11) is 3.28. The first-order valence-corrected chi connectivity index (χ1v) is 23.9. The van der Waals surface area contributed by atoms with Gasteiger partial charge in [0, 0.05) is 5.56 Å². The Morgan fingerprint density at radius 1 is 0.486 bits per heavy atom. The van der Waals surface area contributed by atoms with E-state index in [4.69, 9.17) is 42.6 Å². The van der Waals surface area contributed by atoms with Gasteiger partial charge in [-0.05, 0) is 107 Å². The molecule has 0 spiro atoms. The highest BCUT2D eigenvalue weighted by atomic mass is 16.7. The lowest BCUT2D eigenvalue weighted by atomic mass is 9.80. The molecule has 4 atom stereocenters. The lowest BCUT2D eigenvalue weighted by molar-refractivity contribution is -0.414. The van der Waals surface area contributed by atoms with Crippen LogP contribution in [0.25, 0.3) is 0 Å². The van der Waals surface area contributed by atoms with E-state index in [0.717, 1.165) is 61.8 Å². The average molecular weight is 945 g/mol. The van der Waals surface area contributed by atoms with Crippen molar-refractivity contribution in [3.63, 3.8) is 0 Å². The van der Waals surface area contributed by atoms with Crippen LogP contribution < -0.4 is 14.2 Å². The van der Waals surface area contributed by atoms with Gasteiger partial charge in [-0.15, -0.1) is 0 Å². The van der Waals surface area contributed by atoms with Crippen molar-refractivity contribution in [3.8, 4) is 17.2 Å². The normalized spacial score (nSPS) is 18.6. The van der Waals surface area contributed by atoms with Crippen LogP contribution in [0, 0.1) is 6.92 Å². The Hall–Kier alpha value is -6.34. The molecule has 10 heteroatoms. The number of rotatable bonds is 24. The van der Waals surface area contributed by atoms with Crippen molar-refractivity contribution in [2.75, 3.05) is 34.0 Å². The van der Waals surface area contributed by atoms with Crippen LogP contribution in [0.3, 0.4) is 0 Å². The minimum atomic E-state index is -2.16. The maximum Gasteiger partial charge on any atom is 0.223 e. The second-order valence-corrected chi connectivity index (χ2v) is 17.6. The fourth-order valence-electron chi connectivity index (χ4n) is 8.81. The quantitative estimate of drug-likeness (QED) is 0.0630. The third-order valence-electron chi connectivity index (χ3n) is 12.6. The summed E-state index contributed by atoms with van der Waals surface area (Å²) in [6.45, 7) is 5.47. The molecule has 70 heavy (non-hydrogen) atoms. The Morgan fingerprint density at radius 2 is 0.929 bits per heavy atom. The molecule has 364 valence electrons. The van der Waals surface area contributed by atoms with Crippen molar-refractivity contribution in [1.82, 2.24) is 0 Å². The molecule has 1 saturated heterocycles. The molecule has 0 aliphatic carbocycles. The number of hydrogen-bond acceptors (Lipinski definition) is 10. The van der Waals surface area contributed by atoms with E-state index >= 15 is 0 Å². The number of aliphatic hydroxyl groups is 1. The monoisotopic (exact) mass is 944 g/mol. The van der Waals surface area contributed by atoms with Gasteiger partial charge in [-0.25, -0.2) is 0 Å². The van der Waals surface area contributed by atoms with Gasteiger partial charge in [-0.3, -0.25) is 0 Å². The standard InChI is InChI=1S/C60H64O10/c1-5-66-55-33-22-45(23-34-55)35-51-36-52(28-21-44(51)2)60(61)58(69-41-48-19-13-8-14-20-48)56(67-39-46-15-9-6-10-16-46)57(68-40-47-17-11-7-12-18-47)59(70-60,42-64-37-49-24-29-53(62-3)30-25-49)43-65-38-50-26-31-54(63-4)32-27-50/h6-34,36,56-58,61H,5,35,37-43H2,1-4H3/t56-,57-,58?,60?/m0/s1. The Bertz CT molecular complexity index is 2570. The lowest BCUT2D eigenvalue weighted by Gasteiger charge is -2.56. The van der Waals surface area contributed by atoms with Crippen LogP contribution in [0.5, 0.6) is 17.2 Å². The highest BCUT2D eigenvalue weighted by Gasteiger charge is 2.64. The molecule has 10 nitrogen and oxygen atoms in total. The molecule has 0 saturated carbocycles. The molecule has 8 rings (SSSR count). The van der Waals surface area contributed by atoms with Crippen LogP contribution in [0.4, 0.5) is 0 Å². The summed E-state index contributed by atoms with van der Waals surface area (Å²) < 4.78 is 59.0. The lowest BCUT2D eigenvalue weighted by Crippen LogP contribution is -2.72. The molecule has 1 aliphatic heterocycles. The Morgan fingerprint density at radius 3 is 1.41 bits per heavy atom. The number of aryl methyl sites for hydroxylation is 1. The number of ether oxygens (including phenoxy) is 9. The number of methoxy groups -OCH3 is 2. The summed E-state index contributed by atoms with van der Waals surface area (Å²) in [6.07, 6.45) is -2.45. The molecular weight excluding hydrogens is 881 g/mol. The van der Waals surface area contributed by atoms with Crippen molar-refractivity contribution < 1.29 is 47.7 Å². The molecule has 1 N–H and O–H groups in total. The molecule has 7 aromatic rings. The van der Waals surface area contributed by atoms with E-state index in [1.54, 1.807) is 14.2 Å². The van der Waals surface area contributed by atoms with E-state index < -0.39 is 29.7 Å². The van der Waals surface area contributed by atoms with Crippen molar-refractivity contribution >= 4 is 0 Å². The van der Waals surface area contributed by atoms with E-state index in [1.807, 2.05) is 177 Å². The zero-order chi connectivity index (χ0) is 48.6. The van der Waals surface area contributed by atoms with E-state index in [1.165, 1.54) is 0 Å². The molecule has 1 fully saturated rings. The summed E-state index contributed by atoms with van der Waals surface area (Å²) in [6, 6.07) is 59.4. The maximum atomic E-state index is 14.0. The van der Waals surface area contributed by atoms with Crippen LogP contribution >= 0.6 is 0 Å². The zero-order valence-electron chi connectivity index (χ0n) is 40.5. The van der Waals surface area contributed by atoms with Gasteiger partial charge in [-0.2, -0.15) is 0 Å². The SMILES string of the molecule is CCOc1ccc(Cc2cc(C3(O)OC(COCc4ccc(OC)cc4)(COCc4ccc(OC)cc4)[C@@H](OCc4ccccc4)[C@H](OCc4ccccc4)C3OCc3ccccc3)ccc2C)cc1. The van der Waals surface area contributed by atoms with Gasteiger partial charge in [-0.1, -0.05) is 140 Å². The highest BCUT2D eigenvalue weighted by molar-refractivity contribution is 5.40. The number of benzene rings is 7. The van der Waals surface area contributed by atoms with Crippen molar-refractivity contribution in [3.05, 3.63) is 232 Å². The number of hydrogen-bond donors (Lipinski definition) is 1. The van der Waals surface area contributed by atoms with E-state index in [0.29, 0.717) is 18.6 Å². The first kappa shape index (κ1) is 50.1. The van der Waals surface area contributed by atoms with Gasteiger partial charge in [0.15, 0.2) is 0 Å². The largest absolute Gasteiger partial charge is 0.497 e. The molecule has 1 aliphatic rings. The van der Waals surface area contributed by atoms with Crippen molar-refractivity contribution in [2.45, 2.75) is 83.0 Å². The molecular formula is C60H64O10. The van der Waals surface area contributed by atoms with Gasteiger partial charge in [0.05, 0.1) is 67.1 Å². The minimum Gasteiger partial charge on any atom is -0.497 e. The summed E-state index contributed by atoms with van der Waals surface area (Å²) >= 11 is 0. The van der Waals surface area contributed by atoms with Gasteiger partial charge >= 0.3 is 0 Å². The molecule has 0 bridgehead atoms. The molecule has 0 radical (unpaired) electrons. The molecule has 0 amide bonds. The smallest absolute Gasteiger partial charge is 0.223 e. The molecule has 7 aromatic carbocycles. The predicted molar refractivity (Wildman–Crippen MR) is 270 cm³/mol. The summed E-state index contributed by atoms with van der Waals surface area (Å²) in [5, 5.41) is 14.0. The van der Waals surface area contributed by atoms with Crippen LogP contribution in [-0.4, -0.2) is 63.1 Å². The third-order valence-corrected chi connectivity index (χ3v) is 12.6. The zero-order valence-corrected chi connectivity index (χ0v) is 40.5. The fraction of sp³-hybridized carbons (Fsp3) is 0.300. The van der Waals surface area contributed by atoms with Crippen molar-refractivity contribution in [1.29, 1.82) is 0 Å². The summed E-state index contributed by atoms with van der Waals surface area (Å²) in [5.74, 6) is 0.131. The molecule has 1 heterocycles. The van der Waals surface area contributed by atoms with Gasteiger partial charge in [0.1, 0.15) is 41.2 Å². The Balaban J connectivity index is 1.26. The topological polar surface area (TPSA) is 103 Å². The second kappa shape index (κ2) is 24.5. The van der Waals surface area contributed by atoms with Crippen molar-refractivity contribution in [2.24, 2.45) is 0 Å².